The molecule has 1 heteroatoms. The zero-order valence-corrected chi connectivity index (χ0v) is 8.46. The van der Waals surface area contributed by atoms with Crippen LogP contribution in [0.4, 0.5) is 0 Å². The van der Waals surface area contributed by atoms with Crippen molar-refractivity contribution in [2.75, 3.05) is 0 Å². The van der Waals surface area contributed by atoms with Crippen molar-refractivity contribution in [3.05, 3.63) is 58.3 Å². The van der Waals surface area contributed by atoms with Gasteiger partial charge in [-0.15, -0.1) is 0 Å². The summed E-state index contributed by atoms with van der Waals surface area (Å²) in [4.78, 5) is 0. The molecule has 0 amide bonds. The van der Waals surface area contributed by atoms with Crippen molar-refractivity contribution < 1.29 is 16.4 Å². The van der Waals surface area contributed by atoms with E-state index in [1.165, 1.54) is 24.3 Å². The summed E-state index contributed by atoms with van der Waals surface area (Å²) >= 11 is 0. The highest BCUT2D eigenvalue weighted by molar-refractivity contribution is 5.39. The average molecular weight is 225 g/mol. The summed E-state index contributed by atoms with van der Waals surface area (Å²) in [5.41, 5.74) is -1.07. The van der Waals surface area contributed by atoms with Gasteiger partial charge in [-0.2, -0.15) is 0 Å². The Labute approximate surface area is 115 Å². The first-order valence-corrected chi connectivity index (χ1v) is 4.76. The molecule has 1 aliphatic heterocycles. The highest BCUT2D eigenvalue weighted by atomic mass is 14.9. The molecule has 84 valence electrons. The van der Waals surface area contributed by atoms with Crippen LogP contribution in [0.2, 0.25) is 0 Å². The van der Waals surface area contributed by atoms with E-state index in [0.717, 1.165) is 6.20 Å². The van der Waals surface area contributed by atoms with Gasteiger partial charge < -0.3 is 5.32 Å². The summed E-state index contributed by atoms with van der Waals surface area (Å²) in [7, 11) is 0. The molecule has 1 nitrogen and oxygen atoms in total. The monoisotopic (exact) mass is 225 g/mol. The van der Waals surface area contributed by atoms with Gasteiger partial charge in [-0.1, -0.05) is 24.3 Å². The molecule has 0 saturated carbocycles. The van der Waals surface area contributed by atoms with Crippen LogP contribution in [0.15, 0.2) is 41.6 Å². The number of aryl methyl sites for hydroxylation is 2. The van der Waals surface area contributed by atoms with Gasteiger partial charge in [-0.05, 0) is 55.2 Å². The van der Waals surface area contributed by atoms with Crippen molar-refractivity contribution in [1.82, 2.24) is 5.32 Å². The summed E-state index contributed by atoms with van der Waals surface area (Å²) in [6.07, 6.45) is 2.30. The standard InChI is InChI=1S/C15H19N/c1-10-5-6-14(7-11(10)2)15-8-12(3)13(4)9-16-15/h5-9,15-16H,1-4H3/i1D3,2D3,3D3,4D3. The minimum absolute atomic E-state index is 0.307. The second-order valence-corrected chi connectivity index (χ2v) is 3.59. The quantitative estimate of drug-likeness (QED) is 0.766. The SMILES string of the molecule is [2H]C([2H])([2H])C1=CNC(c2ccc(C([2H])([2H])[2H])c(C([2H])([2H])[2H])c2)C=C1C([2H])([2H])[2H]. The van der Waals surface area contributed by atoms with Crippen LogP contribution in [0.25, 0.3) is 0 Å². The van der Waals surface area contributed by atoms with Gasteiger partial charge >= 0.3 is 0 Å². The van der Waals surface area contributed by atoms with E-state index in [1.54, 1.807) is 0 Å². The number of dihydropyridines is 1. The molecule has 0 spiro atoms. The molecule has 1 heterocycles. The summed E-state index contributed by atoms with van der Waals surface area (Å²) < 4.78 is 90.9. The topological polar surface area (TPSA) is 12.0 Å². The fraction of sp³-hybridized carbons (Fsp3) is 0.333. The summed E-state index contributed by atoms with van der Waals surface area (Å²) in [5.74, 6) is 0. The Morgan fingerprint density at radius 2 is 1.94 bits per heavy atom. The van der Waals surface area contributed by atoms with Crippen molar-refractivity contribution in [3.8, 4) is 0 Å². The van der Waals surface area contributed by atoms with Crippen molar-refractivity contribution in [3.63, 3.8) is 0 Å². The van der Waals surface area contributed by atoms with Crippen molar-refractivity contribution in [1.29, 1.82) is 0 Å². The molecule has 16 heavy (non-hydrogen) atoms. The minimum atomic E-state index is -2.69. The van der Waals surface area contributed by atoms with Crippen molar-refractivity contribution >= 4 is 0 Å². The van der Waals surface area contributed by atoms with Gasteiger partial charge in [0.2, 0.25) is 0 Å². The van der Waals surface area contributed by atoms with Crippen LogP contribution in [0, 0.1) is 13.7 Å². The van der Waals surface area contributed by atoms with Crippen LogP contribution in [0.5, 0.6) is 0 Å². The van der Waals surface area contributed by atoms with Gasteiger partial charge in [0.05, 0.1) is 6.04 Å². The molecule has 0 saturated heterocycles. The van der Waals surface area contributed by atoms with E-state index in [2.05, 4.69) is 5.32 Å². The lowest BCUT2D eigenvalue weighted by Crippen LogP contribution is -2.18. The first kappa shape index (κ1) is 3.49. The lowest BCUT2D eigenvalue weighted by molar-refractivity contribution is 0.729. The van der Waals surface area contributed by atoms with Crippen LogP contribution < -0.4 is 5.32 Å². The fourth-order valence-corrected chi connectivity index (χ4v) is 1.50. The molecule has 2 rings (SSSR count). The molecular weight excluding hydrogens is 194 g/mol. The first-order valence-electron chi connectivity index (χ1n) is 10.8. The number of rotatable bonds is 1. The van der Waals surface area contributed by atoms with E-state index in [4.69, 9.17) is 16.4 Å². The maximum Gasteiger partial charge on any atom is 0.0698 e. The molecule has 1 aromatic carbocycles. The van der Waals surface area contributed by atoms with Crippen molar-refractivity contribution in [2.45, 2.75) is 33.4 Å². The van der Waals surface area contributed by atoms with Gasteiger partial charge in [0.25, 0.3) is 0 Å². The van der Waals surface area contributed by atoms with Gasteiger partial charge in [0, 0.05) is 22.6 Å². The van der Waals surface area contributed by atoms with Crippen LogP contribution in [0.3, 0.4) is 0 Å². The van der Waals surface area contributed by atoms with Gasteiger partial charge in [-0.3, -0.25) is 0 Å². The van der Waals surface area contributed by atoms with Crippen LogP contribution in [-0.2, 0) is 0 Å². The lowest BCUT2D eigenvalue weighted by atomic mass is 9.96. The van der Waals surface area contributed by atoms with E-state index in [-0.39, 0.29) is 22.3 Å². The number of benzene rings is 1. The molecule has 0 aromatic heterocycles. The van der Waals surface area contributed by atoms with Crippen LogP contribution >= 0.6 is 0 Å². The number of allylic oxidation sites excluding steroid dienone is 2. The average Bonchev–Trinajstić information content (AvgIpc) is 2.50. The number of nitrogens with one attached hydrogen (secondary N) is 1. The number of hydrogen-bond acceptors (Lipinski definition) is 1. The summed E-state index contributed by atoms with van der Waals surface area (Å²) in [5, 5.41) is 2.76. The Kier molecular flexibility index (Phi) is 0.910. The molecule has 1 N–H and O–H groups in total. The van der Waals surface area contributed by atoms with E-state index in [9.17, 15) is 0 Å². The predicted molar refractivity (Wildman–Crippen MR) is 69.3 cm³/mol. The zero-order valence-electron chi connectivity index (χ0n) is 20.5. The second-order valence-electron chi connectivity index (χ2n) is 3.59. The molecular formula is C15H19N. The molecule has 1 atom stereocenters. The molecule has 0 fully saturated rings. The third-order valence-electron chi connectivity index (χ3n) is 2.43. The fourth-order valence-electron chi connectivity index (χ4n) is 1.50. The Morgan fingerprint density at radius 1 is 1.06 bits per heavy atom. The molecule has 1 aromatic rings. The zero-order chi connectivity index (χ0) is 21.7. The minimum Gasteiger partial charge on any atom is -0.380 e. The Hall–Kier alpha value is -1.50. The molecule has 1 aliphatic rings. The molecule has 0 radical (unpaired) electrons. The van der Waals surface area contributed by atoms with Gasteiger partial charge in [0.1, 0.15) is 0 Å². The normalized spacial score (nSPS) is 34.1. The van der Waals surface area contributed by atoms with E-state index in [1.807, 2.05) is 0 Å². The molecule has 1 unspecified atom stereocenters. The highest BCUT2D eigenvalue weighted by Gasteiger charge is 2.12. The second kappa shape index (κ2) is 4.17. The highest BCUT2D eigenvalue weighted by Crippen LogP contribution is 2.24. The maximum atomic E-state index is 7.63. The molecule has 0 aliphatic carbocycles. The Balaban J connectivity index is 2.58. The number of hydrogen-bond donors (Lipinski definition) is 1. The van der Waals surface area contributed by atoms with Crippen LogP contribution in [-0.4, -0.2) is 0 Å². The van der Waals surface area contributed by atoms with E-state index in [0.29, 0.717) is 5.56 Å². The van der Waals surface area contributed by atoms with Gasteiger partial charge in [0.15, 0.2) is 0 Å². The lowest BCUT2D eigenvalue weighted by Gasteiger charge is -2.21. The molecule has 0 bridgehead atoms. The third-order valence-corrected chi connectivity index (χ3v) is 2.43. The van der Waals surface area contributed by atoms with Crippen LogP contribution in [0.1, 0.15) is 52.9 Å². The first-order chi connectivity index (χ1) is 12.4. The predicted octanol–water partition coefficient (Wildman–Crippen LogP) is 3.80. The largest absolute Gasteiger partial charge is 0.380 e. The maximum absolute atomic E-state index is 7.63. The van der Waals surface area contributed by atoms with Gasteiger partial charge in [-0.25, -0.2) is 0 Å². The van der Waals surface area contributed by atoms with Crippen molar-refractivity contribution in [2.24, 2.45) is 0 Å². The van der Waals surface area contributed by atoms with E-state index >= 15 is 0 Å². The Morgan fingerprint density at radius 3 is 2.69 bits per heavy atom. The smallest absolute Gasteiger partial charge is 0.0698 e. The Bertz CT molecular complexity index is 804. The van der Waals surface area contributed by atoms with E-state index < -0.39 is 33.4 Å². The summed E-state index contributed by atoms with van der Waals surface area (Å²) in [6, 6.07) is 2.93. The summed E-state index contributed by atoms with van der Waals surface area (Å²) in [6.45, 7) is -10.7. The third kappa shape index (κ3) is 2.04.